The van der Waals surface area contributed by atoms with Gasteiger partial charge in [-0.05, 0) is 45.6 Å². The minimum absolute atomic E-state index is 0.452. The first-order valence-corrected chi connectivity index (χ1v) is 7.38. The lowest BCUT2D eigenvalue weighted by Gasteiger charge is -2.23. The van der Waals surface area contributed by atoms with Crippen molar-refractivity contribution in [2.45, 2.75) is 64.8 Å². The summed E-state index contributed by atoms with van der Waals surface area (Å²) in [7, 11) is 0. The van der Waals surface area contributed by atoms with Gasteiger partial charge < -0.3 is 10.1 Å². The zero-order valence-electron chi connectivity index (χ0n) is 11.6. The summed E-state index contributed by atoms with van der Waals surface area (Å²) in [6.07, 6.45) is 11.7. The number of hydrogen-bond donors (Lipinski definition) is 1. The van der Waals surface area contributed by atoms with E-state index in [-0.39, 0.29) is 0 Å². The number of rotatable bonds is 7. The predicted molar refractivity (Wildman–Crippen MR) is 74.4 cm³/mol. The Bertz CT molecular complexity index is 205. The van der Waals surface area contributed by atoms with E-state index >= 15 is 0 Å². The van der Waals surface area contributed by atoms with Gasteiger partial charge in [0.1, 0.15) is 0 Å². The SMILES string of the molecule is CCCNC(COCC)C1=CCCCCCC1. The van der Waals surface area contributed by atoms with Crippen LogP contribution in [0.25, 0.3) is 0 Å². The third-order valence-electron chi connectivity index (χ3n) is 3.40. The summed E-state index contributed by atoms with van der Waals surface area (Å²) in [6.45, 7) is 7.04. The summed E-state index contributed by atoms with van der Waals surface area (Å²) in [5.74, 6) is 0. The Balaban J connectivity index is 2.51. The summed E-state index contributed by atoms with van der Waals surface area (Å²) in [5.41, 5.74) is 1.59. The highest BCUT2D eigenvalue weighted by Gasteiger charge is 2.14. The maximum absolute atomic E-state index is 5.61. The molecule has 1 atom stereocenters. The van der Waals surface area contributed by atoms with E-state index in [0.29, 0.717) is 6.04 Å². The Hall–Kier alpha value is -0.340. The Morgan fingerprint density at radius 2 is 2.06 bits per heavy atom. The maximum atomic E-state index is 5.61. The lowest BCUT2D eigenvalue weighted by molar-refractivity contribution is 0.130. The molecular formula is C15H29NO. The van der Waals surface area contributed by atoms with Crippen LogP contribution in [0.1, 0.15) is 58.8 Å². The summed E-state index contributed by atoms with van der Waals surface area (Å²) >= 11 is 0. The minimum atomic E-state index is 0.452. The molecule has 1 rings (SSSR count). The van der Waals surface area contributed by atoms with Crippen molar-refractivity contribution in [3.05, 3.63) is 11.6 Å². The van der Waals surface area contributed by atoms with Crippen LogP contribution >= 0.6 is 0 Å². The summed E-state index contributed by atoms with van der Waals surface area (Å²) < 4.78 is 5.61. The monoisotopic (exact) mass is 239 g/mol. The molecule has 0 amide bonds. The third kappa shape index (κ3) is 6.23. The molecule has 0 aromatic carbocycles. The molecule has 0 aromatic rings. The Kier molecular flexibility index (Phi) is 8.37. The normalized spacial score (nSPS) is 19.3. The number of hydrogen-bond acceptors (Lipinski definition) is 2. The molecule has 100 valence electrons. The average Bonchev–Trinajstić information content (AvgIpc) is 2.30. The zero-order chi connectivity index (χ0) is 12.3. The fraction of sp³-hybridized carbons (Fsp3) is 0.867. The van der Waals surface area contributed by atoms with E-state index in [4.69, 9.17) is 4.74 Å². The lowest BCUT2D eigenvalue weighted by atomic mass is 9.95. The van der Waals surface area contributed by atoms with Crippen LogP contribution in [0.15, 0.2) is 11.6 Å². The van der Waals surface area contributed by atoms with Crippen molar-refractivity contribution in [3.8, 4) is 0 Å². The Morgan fingerprint density at radius 3 is 2.82 bits per heavy atom. The molecule has 2 heteroatoms. The van der Waals surface area contributed by atoms with Crippen LogP contribution in [0.4, 0.5) is 0 Å². The van der Waals surface area contributed by atoms with Gasteiger partial charge in [0.2, 0.25) is 0 Å². The van der Waals surface area contributed by atoms with Gasteiger partial charge >= 0.3 is 0 Å². The highest BCUT2D eigenvalue weighted by Crippen LogP contribution is 2.20. The van der Waals surface area contributed by atoms with Crippen LogP contribution in [-0.2, 0) is 4.74 Å². The molecular weight excluding hydrogens is 210 g/mol. The van der Waals surface area contributed by atoms with Crippen molar-refractivity contribution in [2.75, 3.05) is 19.8 Å². The number of ether oxygens (including phenoxy) is 1. The summed E-state index contributed by atoms with van der Waals surface area (Å²) in [5, 5.41) is 3.63. The molecule has 0 saturated heterocycles. The zero-order valence-corrected chi connectivity index (χ0v) is 11.6. The predicted octanol–water partition coefficient (Wildman–Crippen LogP) is 3.67. The minimum Gasteiger partial charge on any atom is -0.380 e. The van der Waals surface area contributed by atoms with Crippen LogP contribution in [0.2, 0.25) is 0 Å². The van der Waals surface area contributed by atoms with E-state index in [1.807, 2.05) is 0 Å². The second-order valence-corrected chi connectivity index (χ2v) is 4.90. The molecule has 0 saturated carbocycles. The van der Waals surface area contributed by atoms with Crippen LogP contribution in [0, 0.1) is 0 Å². The fourth-order valence-electron chi connectivity index (χ4n) is 2.38. The van der Waals surface area contributed by atoms with E-state index in [0.717, 1.165) is 19.8 Å². The molecule has 1 unspecified atom stereocenters. The van der Waals surface area contributed by atoms with Crippen molar-refractivity contribution in [1.82, 2.24) is 5.32 Å². The molecule has 1 aliphatic rings. The van der Waals surface area contributed by atoms with E-state index in [2.05, 4.69) is 25.2 Å². The first kappa shape index (κ1) is 14.7. The second kappa shape index (κ2) is 9.67. The highest BCUT2D eigenvalue weighted by atomic mass is 16.5. The smallest absolute Gasteiger partial charge is 0.0658 e. The van der Waals surface area contributed by atoms with Crippen molar-refractivity contribution in [3.63, 3.8) is 0 Å². The van der Waals surface area contributed by atoms with Crippen LogP contribution in [0.5, 0.6) is 0 Å². The van der Waals surface area contributed by atoms with Crippen LogP contribution in [0.3, 0.4) is 0 Å². The average molecular weight is 239 g/mol. The molecule has 0 bridgehead atoms. The van der Waals surface area contributed by atoms with Crippen molar-refractivity contribution < 1.29 is 4.74 Å². The topological polar surface area (TPSA) is 21.3 Å². The lowest BCUT2D eigenvalue weighted by Crippen LogP contribution is -2.36. The van der Waals surface area contributed by atoms with Gasteiger partial charge in [-0.1, -0.05) is 31.4 Å². The first-order chi connectivity index (χ1) is 8.38. The fourth-order valence-corrected chi connectivity index (χ4v) is 2.38. The number of nitrogens with one attached hydrogen (secondary N) is 1. The van der Waals surface area contributed by atoms with Crippen molar-refractivity contribution >= 4 is 0 Å². The standard InChI is InChI=1S/C15H29NO/c1-3-12-16-15(13-17-4-2)14-10-8-6-5-7-9-11-14/h10,15-16H,3-9,11-13H2,1-2H3. The molecule has 0 aromatic heterocycles. The van der Waals surface area contributed by atoms with Crippen LogP contribution in [-0.4, -0.2) is 25.8 Å². The number of allylic oxidation sites excluding steroid dienone is 1. The van der Waals surface area contributed by atoms with Gasteiger partial charge in [-0.25, -0.2) is 0 Å². The highest BCUT2D eigenvalue weighted by molar-refractivity contribution is 5.11. The molecule has 0 heterocycles. The molecule has 0 radical (unpaired) electrons. The summed E-state index contributed by atoms with van der Waals surface area (Å²) in [6, 6.07) is 0.452. The molecule has 1 aliphatic carbocycles. The Labute approximate surface area is 107 Å². The van der Waals surface area contributed by atoms with Gasteiger partial charge in [-0.3, -0.25) is 0 Å². The van der Waals surface area contributed by atoms with Gasteiger partial charge in [0, 0.05) is 6.61 Å². The molecule has 0 aliphatic heterocycles. The molecule has 17 heavy (non-hydrogen) atoms. The Morgan fingerprint density at radius 1 is 1.24 bits per heavy atom. The third-order valence-corrected chi connectivity index (χ3v) is 3.40. The van der Waals surface area contributed by atoms with E-state index in [1.165, 1.54) is 44.9 Å². The van der Waals surface area contributed by atoms with E-state index < -0.39 is 0 Å². The molecule has 1 N–H and O–H groups in total. The van der Waals surface area contributed by atoms with Gasteiger partial charge in [0.15, 0.2) is 0 Å². The van der Waals surface area contributed by atoms with Gasteiger partial charge in [-0.15, -0.1) is 0 Å². The first-order valence-electron chi connectivity index (χ1n) is 7.38. The molecule has 2 nitrogen and oxygen atoms in total. The molecule has 0 fully saturated rings. The maximum Gasteiger partial charge on any atom is 0.0658 e. The quantitative estimate of drug-likeness (QED) is 0.684. The molecule has 0 spiro atoms. The van der Waals surface area contributed by atoms with Gasteiger partial charge in [0.05, 0.1) is 12.6 Å². The van der Waals surface area contributed by atoms with E-state index in [9.17, 15) is 0 Å². The van der Waals surface area contributed by atoms with Gasteiger partial charge in [-0.2, -0.15) is 0 Å². The van der Waals surface area contributed by atoms with Crippen molar-refractivity contribution in [1.29, 1.82) is 0 Å². The van der Waals surface area contributed by atoms with Crippen molar-refractivity contribution in [2.24, 2.45) is 0 Å². The van der Waals surface area contributed by atoms with Gasteiger partial charge in [0.25, 0.3) is 0 Å². The largest absolute Gasteiger partial charge is 0.380 e. The van der Waals surface area contributed by atoms with Crippen LogP contribution < -0.4 is 5.32 Å². The summed E-state index contributed by atoms with van der Waals surface area (Å²) in [4.78, 5) is 0. The second-order valence-electron chi connectivity index (χ2n) is 4.90. The van der Waals surface area contributed by atoms with E-state index in [1.54, 1.807) is 5.57 Å².